The van der Waals surface area contributed by atoms with Crippen LogP contribution in [0.25, 0.3) is 0 Å². The number of ether oxygens (including phenoxy) is 2. The Hall–Kier alpha value is -3.05. The number of amides is 1. The van der Waals surface area contributed by atoms with E-state index in [0.29, 0.717) is 17.9 Å². The van der Waals surface area contributed by atoms with Crippen LogP contribution in [-0.2, 0) is 28.9 Å². The highest BCUT2D eigenvalue weighted by molar-refractivity contribution is 6.91. The molecule has 5 atom stereocenters. The van der Waals surface area contributed by atoms with E-state index in [4.69, 9.17) is 9.47 Å². The van der Waals surface area contributed by atoms with E-state index in [2.05, 4.69) is 77.4 Å². The first-order valence-electron chi connectivity index (χ1n) is 16.2. The molecular weight excluding hydrogens is 570 g/mol. The zero-order valence-corrected chi connectivity index (χ0v) is 27.7. The molecule has 0 bridgehead atoms. The molecule has 0 saturated carbocycles. The van der Waals surface area contributed by atoms with Gasteiger partial charge in [0.1, 0.15) is 5.75 Å². The Labute approximate surface area is 262 Å². The molecule has 10 heteroatoms. The summed E-state index contributed by atoms with van der Waals surface area (Å²) in [6.45, 7) is 9.85. The molecule has 3 heterocycles. The number of rotatable bonds is 13. The number of aryl methyl sites for hydroxylation is 2. The van der Waals surface area contributed by atoms with Crippen molar-refractivity contribution in [2.75, 3.05) is 32.1 Å². The van der Waals surface area contributed by atoms with Gasteiger partial charge in [0.05, 0.1) is 39.0 Å². The highest BCUT2D eigenvalue weighted by atomic mass is 28.3. The Balaban J connectivity index is 1.28. The Morgan fingerprint density at radius 1 is 1.16 bits per heavy atom. The van der Waals surface area contributed by atoms with Gasteiger partial charge in [0.15, 0.2) is 0 Å². The highest BCUT2D eigenvalue weighted by Gasteiger charge is 2.50. The van der Waals surface area contributed by atoms with Gasteiger partial charge in [-0.05, 0) is 79.9 Å². The molecule has 1 unspecified atom stereocenters. The number of benzene rings is 2. The number of nitrogens with zero attached hydrogens (tertiary/aromatic N) is 3. The molecular formula is C34H49N5O4Si. The van der Waals surface area contributed by atoms with Crippen LogP contribution in [0.4, 0.5) is 5.69 Å². The Bertz CT molecular complexity index is 1360. The van der Waals surface area contributed by atoms with Crippen molar-refractivity contribution < 1.29 is 19.4 Å². The van der Waals surface area contributed by atoms with E-state index in [0.717, 1.165) is 68.9 Å². The maximum absolute atomic E-state index is 12.8. The van der Waals surface area contributed by atoms with E-state index in [1.165, 1.54) is 10.8 Å². The Kier molecular flexibility index (Phi) is 10.9. The van der Waals surface area contributed by atoms with Crippen molar-refractivity contribution in [3.63, 3.8) is 0 Å². The number of nitrogens with one attached hydrogen (secondary N) is 2. The number of methoxy groups -OCH3 is 1. The minimum absolute atomic E-state index is 0.0334. The summed E-state index contributed by atoms with van der Waals surface area (Å²) in [6.07, 6.45) is 7.36. The number of hydrogen-bond acceptors (Lipinski definition) is 7. The summed E-state index contributed by atoms with van der Waals surface area (Å²) in [5.74, 6) is 1.41. The largest absolute Gasteiger partial charge is 0.497 e. The highest BCUT2D eigenvalue weighted by Crippen LogP contribution is 2.46. The second-order valence-electron chi connectivity index (χ2n) is 13.1. The predicted molar refractivity (Wildman–Crippen MR) is 176 cm³/mol. The van der Waals surface area contributed by atoms with E-state index in [9.17, 15) is 9.90 Å². The number of carbonyl (C=O) groups is 1. The molecule has 5 rings (SSSR count). The third-order valence-electron chi connectivity index (χ3n) is 9.75. The molecule has 0 aliphatic carbocycles. The van der Waals surface area contributed by atoms with Gasteiger partial charge in [0, 0.05) is 38.0 Å². The molecule has 3 aromatic rings. The molecule has 0 radical (unpaired) electrons. The molecule has 0 spiro atoms. The van der Waals surface area contributed by atoms with Crippen LogP contribution in [0.15, 0.2) is 54.7 Å². The minimum atomic E-state index is -1.96. The molecule has 2 aromatic carbocycles. The molecule has 2 fully saturated rings. The molecule has 2 aliphatic rings. The maximum Gasteiger partial charge on any atom is 0.228 e. The van der Waals surface area contributed by atoms with Crippen molar-refractivity contribution in [2.45, 2.75) is 82.8 Å². The fraction of sp³-hybridized carbons (Fsp3) is 0.559. The van der Waals surface area contributed by atoms with Gasteiger partial charge in [0.25, 0.3) is 0 Å². The molecule has 44 heavy (non-hydrogen) atoms. The first kappa shape index (κ1) is 32.3. The summed E-state index contributed by atoms with van der Waals surface area (Å²) in [6, 6.07) is 16.9. The smallest absolute Gasteiger partial charge is 0.228 e. The lowest BCUT2D eigenvalue weighted by Crippen LogP contribution is -2.50. The average molecular weight is 620 g/mol. The van der Waals surface area contributed by atoms with Crippen LogP contribution >= 0.6 is 0 Å². The molecule has 3 N–H and O–H groups in total. The number of carbonyl (C=O) groups excluding carboxylic acids is 1. The summed E-state index contributed by atoms with van der Waals surface area (Å²) in [4.78, 5) is 12.8. The summed E-state index contributed by atoms with van der Waals surface area (Å²) < 4.78 is 14.3. The average Bonchev–Trinajstić information content (AvgIpc) is 3.63. The molecule has 1 amide bonds. The summed E-state index contributed by atoms with van der Waals surface area (Å²) in [5.41, 5.74) is 3.32. The monoisotopic (exact) mass is 619 g/mol. The lowest BCUT2D eigenvalue weighted by molar-refractivity contribution is -0.120. The van der Waals surface area contributed by atoms with Crippen molar-refractivity contribution in [3.05, 3.63) is 66.0 Å². The summed E-state index contributed by atoms with van der Waals surface area (Å²) >= 11 is 0. The first-order valence-corrected chi connectivity index (χ1v) is 19.3. The van der Waals surface area contributed by atoms with Crippen LogP contribution in [0.2, 0.25) is 18.6 Å². The van der Waals surface area contributed by atoms with Gasteiger partial charge < -0.3 is 25.2 Å². The van der Waals surface area contributed by atoms with Gasteiger partial charge in [-0.15, -0.1) is 5.10 Å². The topological polar surface area (TPSA) is 111 Å². The van der Waals surface area contributed by atoms with Crippen molar-refractivity contribution in [1.29, 1.82) is 0 Å². The predicted octanol–water partition coefficient (Wildman–Crippen LogP) is 4.17. The van der Waals surface area contributed by atoms with Crippen molar-refractivity contribution >= 4 is 24.9 Å². The van der Waals surface area contributed by atoms with E-state index in [1.807, 2.05) is 23.0 Å². The number of anilines is 1. The van der Waals surface area contributed by atoms with E-state index in [1.54, 1.807) is 7.11 Å². The van der Waals surface area contributed by atoms with Crippen LogP contribution in [-0.4, -0.2) is 73.1 Å². The van der Waals surface area contributed by atoms with Gasteiger partial charge in [0.2, 0.25) is 5.91 Å². The van der Waals surface area contributed by atoms with Crippen molar-refractivity contribution in [3.8, 4) is 5.75 Å². The zero-order valence-electron chi connectivity index (χ0n) is 26.7. The molecule has 9 nitrogen and oxygen atoms in total. The maximum atomic E-state index is 12.8. The third-order valence-corrected chi connectivity index (χ3v) is 14.1. The number of aliphatic hydroxyl groups excluding tert-OH is 1. The fourth-order valence-corrected chi connectivity index (χ4v) is 11.4. The first-order chi connectivity index (χ1) is 21.3. The lowest BCUT2D eigenvalue weighted by atomic mass is 9.95. The van der Waals surface area contributed by atoms with Crippen molar-refractivity contribution in [2.24, 2.45) is 11.8 Å². The number of aromatic nitrogens is 3. The quantitative estimate of drug-likeness (QED) is 0.246. The number of piperidine rings is 1. The van der Waals surface area contributed by atoms with E-state index >= 15 is 0 Å². The van der Waals surface area contributed by atoms with Crippen LogP contribution in [0.1, 0.15) is 43.9 Å². The number of hydrogen-bond donors (Lipinski definition) is 3. The van der Waals surface area contributed by atoms with Gasteiger partial charge in [-0.3, -0.25) is 9.48 Å². The molecule has 1 aromatic heterocycles. The van der Waals surface area contributed by atoms with E-state index in [-0.39, 0.29) is 30.6 Å². The summed E-state index contributed by atoms with van der Waals surface area (Å²) in [7, 11) is -0.252. The van der Waals surface area contributed by atoms with Crippen LogP contribution in [0.5, 0.6) is 5.75 Å². The van der Waals surface area contributed by atoms with Gasteiger partial charge in [-0.1, -0.05) is 54.7 Å². The Morgan fingerprint density at radius 2 is 1.98 bits per heavy atom. The third kappa shape index (κ3) is 7.77. The molecule has 2 aliphatic heterocycles. The SMILES string of the molecule is COc1ccc([Si](C)(C)[C@@H]2[C@@H](C)[C@@H](CCc3cccc(NC(=O)C4CCCNC4)c3)O[C@H]2CCn2cc(CCO)nn2)cc1. The Morgan fingerprint density at radius 3 is 2.70 bits per heavy atom. The zero-order chi connectivity index (χ0) is 31.1. The van der Waals surface area contributed by atoms with Crippen LogP contribution in [0, 0.1) is 11.8 Å². The lowest BCUT2D eigenvalue weighted by Gasteiger charge is -2.36. The number of aliphatic hydroxyl groups is 1. The van der Waals surface area contributed by atoms with E-state index < -0.39 is 8.07 Å². The minimum Gasteiger partial charge on any atom is -0.497 e. The van der Waals surface area contributed by atoms with Crippen LogP contribution < -0.4 is 20.6 Å². The standard InChI is InChI=1S/C34H49N5O4Si/c1-24-31(15-10-25-7-5-9-27(21-25)36-34(41)26-8-6-18-35-22-26)43-32(16-19-39-23-28(17-20-40)37-38-39)33(24)44(3,4)30-13-11-29(42-2)12-14-30/h5,7,9,11-14,21,23-24,26,31-33,35,40H,6,8,10,15-20,22H2,1-4H3,(H,36,41)/t24-,26?,31+,32-,33+/m0/s1. The van der Waals surface area contributed by atoms with Gasteiger partial charge in [-0.25, -0.2) is 0 Å². The van der Waals surface area contributed by atoms with Gasteiger partial charge in [-0.2, -0.15) is 0 Å². The second-order valence-corrected chi connectivity index (χ2v) is 17.7. The second kappa shape index (κ2) is 14.8. The van der Waals surface area contributed by atoms with Gasteiger partial charge >= 0.3 is 0 Å². The molecule has 2 saturated heterocycles. The van der Waals surface area contributed by atoms with Crippen molar-refractivity contribution in [1.82, 2.24) is 20.3 Å². The van der Waals surface area contributed by atoms with Crippen LogP contribution in [0.3, 0.4) is 0 Å². The fourth-order valence-electron chi connectivity index (χ4n) is 7.29. The summed E-state index contributed by atoms with van der Waals surface area (Å²) in [5, 5.41) is 25.7. The normalized spacial score (nSPS) is 23.9. The molecule has 238 valence electrons.